The fourth-order valence-corrected chi connectivity index (χ4v) is 1.48. The third-order valence-corrected chi connectivity index (χ3v) is 2.46. The number of nitrogens with zero attached hydrogens (tertiary/aromatic N) is 3. The first kappa shape index (κ1) is 13.9. The molecule has 0 unspecified atom stereocenters. The van der Waals surface area contributed by atoms with Gasteiger partial charge in [0.05, 0.1) is 11.9 Å². The normalized spacial score (nSPS) is 10.5. The number of anilines is 1. The highest BCUT2D eigenvalue weighted by Gasteiger charge is 2.03. The van der Waals surface area contributed by atoms with Crippen molar-refractivity contribution in [2.45, 2.75) is 19.9 Å². The van der Waals surface area contributed by atoms with Crippen LogP contribution in [0.25, 0.3) is 0 Å². The van der Waals surface area contributed by atoms with Crippen LogP contribution < -0.4 is 10.2 Å². The molecule has 0 radical (unpaired) electrons. The van der Waals surface area contributed by atoms with E-state index in [0.717, 1.165) is 44.2 Å². The van der Waals surface area contributed by atoms with Crippen molar-refractivity contribution in [1.82, 2.24) is 15.3 Å². The van der Waals surface area contributed by atoms with Gasteiger partial charge in [0.15, 0.2) is 0 Å². The van der Waals surface area contributed by atoms with E-state index in [9.17, 15) is 0 Å². The van der Waals surface area contributed by atoms with Gasteiger partial charge in [-0.1, -0.05) is 6.92 Å². The zero-order valence-corrected chi connectivity index (χ0v) is 10.9. The van der Waals surface area contributed by atoms with Crippen molar-refractivity contribution < 1.29 is 4.74 Å². The molecule has 1 rings (SSSR count). The molecule has 0 saturated heterocycles. The minimum atomic E-state index is 0.767. The van der Waals surface area contributed by atoms with Gasteiger partial charge in [-0.2, -0.15) is 0 Å². The van der Waals surface area contributed by atoms with E-state index in [0.29, 0.717) is 0 Å². The third kappa shape index (κ3) is 5.10. The van der Waals surface area contributed by atoms with Gasteiger partial charge in [0.2, 0.25) is 0 Å². The van der Waals surface area contributed by atoms with Gasteiger partial charge >= 0.3 is 0 Å². The topological polar surface area (TPSA) is 50.3 Å². The fraction of sp³-hybridized carbons (Fsp3) is 0.667. The van der Waals surface area contributed by atoms with Crippen LogP contribution in [0.4, 0.5) is 5.82 Å². The molecule has 0 aliphatic rings. The Hall–Kier alpha value is -1.20. The van der Waals surface area contributed by atoms with Crippen LogP contribution >= 0.6 is 0 Å². The second-order valence-electron chi connectivity index (χ2n) is 3.92. The summed E-state index contributed by atoms with van der Waals surface area (Å²) in [6, 6.07) is 0. The summed E-state index contributed by atoms with van der Waals surface area (Å²) in [5.74, 6) is 0.913. The van der Waals surface area contributed by atoms with E-state index in [1.807, 2.05) is 7.05 Å². The predicted molar refractivity (Wildman–Crippen MR) is 69.2 cm³/mol. The summed E-state index contributed by atoms with van der Waals surface area (Å²) in [5.41, 5.74) is 0.975. The van der Waals surface area contributed by atoms with E-state index in [1.165, 1.54) is 0 Å². The second-order valence-corrected chi connectivity index (χ2v) is 3.92. The monoisotopic (exact) mass is 238 g/mol. The summed E-state index contributed by atoms with van der Waals surface area (Å²) in [7, 11) is 3.74. The van der Waals surface area contributed by atoms with Gasteiger partial charge in [0.25, 0.3) is 0 Å². The van der Waals surface area contributed by atoms with Gasteiger partial charge in [-0.25, -0.2) is 4.98 Å². The first-order chi connectivity index (χ1) is 8.27. The molecular formula is C12H22N4O. The number of nitrogens with one attached hydrogen (secondary N) is 1. The number of rotatable bonds is 8. The smallest absolute Gasteiger partial charge is 0.147 e. The molecule has 0 saturated carbocycles. The van der Waals surface area contributed by atoms with Crippen molar-refractivity contribution in [3.8, 4) is 0 Å². The lowest BCUT2D eigenvalue weighted by Crippen LogP contribution is -2.22. The zero-order chi connectivity index (χ0) is 12.5. The minimum absolute atomic E-state index is 0.767. The fourth-order valence-electron chi connectivity index (χ4n) is 1.48. The van der Waals surface area contributed by atoms with Crippen LogP contribution in [-0.2, 0) is 11.3 Å². The molecule has 0 fully saturated rings. The number of aromatic nitrogens is 2. The summed E-state index contributed by atoms with van der Waals surface area (Å²) in [6.07, 6.45) is 4.59. The van der Waals surface area contributed by atoms with Gasteiger partial charge in [-0.15, -0.1) is 0 Å². The number of ether oxygens (including phenoxy) is 1. The Labute approximate surface area is 103 Å². The van der Waals surface area contributed by atoms with Crippen molar-refractivity contribution in [3.05, 3.63) is 18.1 Å². The highest BCUT2D eigenvalue weighted by molar-refractivity contribution is 5.34. The van der Waals surface area contributed by atoms with Gasteiger partial charge in [0, 0.05) is 40.1 Å². The summed E-state index contributed by atoms with van der Waals surface area (Å²) in [4.78, 5) is 10.9. The lowest BCUT2D eigenvalue weighted by Gasteiger charge is -2.18. The second kappa shape index (κ2) is 7.97. The molecule has 0 aromatic carbocycles. The highest BCUT2D eigenvalue weighted by atomic mass is 16.5. The van der Waals surface area contributed by atoms with Gasteiger partial charge in [-0.3, -0.25) is 4.98 Å². The molecule has 1 heterocycles. The lowest BCUT2D eigenvalue weighted by atomic mass is 10.4. The summed E-state index contributed by atoms with van der Waals surface area (Å²) >= 11 is 0. The largest absolute Gasteiger partial charge is 0.385 e. The number of hydrogen-bond donors (Lipinski definition) is 1. The third-order valence-electron chi connectivity index (χ3n) is 2.46. The molecule has 5 nitrogen and oxygen atoms in total. The number of methoxy groups -OCH3 is 1. The highest BCUT2D eigenvalue weighted by Crippen LogP contribution is 2.07. The first-order valence-corrected chi connectivity index (χ1v) is 5.99. The van der Waals surface area contributed by atoms with Crippen molar-refractivity contribution in [3.63, 3.8) is 0 Å². The van der Waals surface area contributed by atoms with E-state index < -0.39 is 0 Å². The zero-order valence-electron chi connectivity index (χ0n) is 10.9. The van der Waals surface area contributed by atoms with E-state index in [1.54, 1.807) is 19.5 Å². The molecular weight excluding hydrogens is 216 g/mol. The molecule has 1 aromatic heterocycles. The Kier molecular flexibility index (Phi) is 6.50. The Balaban J connectivity index is 2.51. The molecule has 0 atom stereocenters. The Bertz CT molecular complexity index is 319. The van der Waals surface area contributed by atoms with Crippen LogP contribution in [0.2, 0.25) is 0 Å². The maximum atomic E-state index is 5.03. The van der Waals surface area contributed by atoms with Gasteiger partial charge in [-0.05, 0) is 13.0 Å². The lowest BCUT2D eigenvalue weighted by molar-refractivity contribution is 0.196. The Morgan fingerprint density at radius 2 is 2.24 bits per heavy atom. The van der Waals surface area contributed by atoms with Crippen LogP contribution in [0.3, 0.4) is 0 Å². The van der Waals surface area contributed by atoms with E-state index in [-0.39, 0.29) is 0 Å². The molecule has 5 heteroatoms. The molecule has 0 spiro atoms. The molecule has 1 aromatic rings. The van der Waals surface area contributed by atoms with Crippen LogP contribution in [0, 0.1) is 0 Å². The SMILES string of the molecule is CCNCc1cncc(N(C)CCCOC)n1. The maximum absolute atomic E-state index is 5.03. The molecule has 17 heavy (non-hydrogen) atoms. The van der Waals surface area contributed by atoms with Crippen LogP contribution in [0.5, 0.6) is 0 Å². The molecule has 1 N–H and O–H groups in total. The molecule has 0 aliphatic carbocycles. The predicted octanol–water partition coefficient (Wildman–Crippen LogP) is 1.06. The number of hydrogen-bond acceptors (Lipinski definition) is 5. The average molecular weight is 238 g/mol. The van der Waals surface area contributed by atoms with Crippen molar-refractivity contribution in [2.24, 2.45) is 0 Å². The summed E-state index contributed by atoms with van der Waals surface area (Å²) in [6.45, 7) is 5.48. The van der Waals surface area contributed by atoms with Crippen molar-refractivity contribution >= 4 is 5.82 Å². The summed E-state index contributed by atoms with van der Waals surface area (Å²) in [5, 5.41) is 3.24. The summed E-state index contributed by atoms with van der Waals surface area (Å²) < 4.78 is 5.03. The van der Waals surface area contributed by atoms with E-state index in [2.05, 4.69) is 27.1 Å². The maximum Gasteiger partial charge on any atom is 0.147 e. The first-order valence-electron chi connectivity index (χ1n) is 5.99. The van der Waals surface area contributed by atoms with Crippen molar-refractivity contribution in [1.29, 1.82) is 0 Å². The quantitative estimate of drug-likeness (QED) is 0.686. The molecule has 0 bridgehead atoms. The average Bonchev–Trinajstić information content (AvgIpc) is 2.37. The van der Waals surface area contributed by atoms with E-state index >= 15 is 0 Å². The molecule has 0 amide bonds. The standard InChI is InChI=1S/C12H22N4O/c1-4-13-8-11-9-14-10-12(15-11)16(2)6-5-7-17-3/h9-10,13H,4-8H2,1-3H3. The van der Waals surface area contributed by atoms with E-state index in [4.69, 9.17) is 4.74 Å². The van der Waals surface area contributed by atoms with Gasteiger partial charge in [0.1, 0.15) is 5.82 Å². The van der Waals surface area contributed by atoms with Crippen molar-refractivity contribution in [2.75, 3.05) is 38.8 Å². The van der Waals surface area contributed by atoms with Gasteiger partial charge < -0.3 is 15.0 Å². The van der Waals surface area contributed by atoms with Crippen LogP contribution in [0.15, 0.2) is 12.4 Å². The van der Waals surface area contributed by atoms with Crippen LogP contribution in [0.1, 0.15) is 19.0 Å². The Morgan fingerprint density at radius 1 is 1.41 bits per heavy atom. The Morgan fingerprint density at radius 3 is 2.94 bits per heavy atom. The molecule has 96 valence electrons. The molecule has 0 aliphatic heterocycles. The van der Waals surface area contributed by atoms with Crippen LogP contribution in [-0.4, -0.2) is 43.8 Å². The minimum Gasteiger partial charge on any atom is -0.385 e.